The number of hydrazine groups is 1. The summed E-state index contributed by atoms with van der Waals surface area (Å²) in [5.41, 5.74) is 3.35. The SMILES string of the molecule is CCC[C@@](C(C)=O)(C(=O)NN)c1ccc(C)cc1[C@H](CCCc1ccccc1)C(=O)OC(C)(C)C. The van der Waals surface area contributed by atoms with Crippen LogP contribution in [0.15, 0.2) is 48.5 Å². The number of nitrogens with two attached hydrogens (primary N) is 1. The highest BCUT2D eigenvalue weighted by Gasteiger charge is 2.46. The van der Waals surface area contributed by atoms with Crippen LogP contribution in [0.2, 0.25) is 0 Å². The zero-order valence-electron chi connectivity index (χ0n) is 21.9. The van der Waals surface area contributed by atoms with E-state index in [-0.39, 0.29) is 18.2 Å². The van der Waals surface area contributed by atoms with E-state index in [9.17, 15) is 14.4 Å². The Bertz CT molecular complexity index is 1030. The summed E-state index contributed by atoms with van der Waals surface area (Å²) in [6.07, 6.45) is 2.94. The van der Waals surface area contributed by atoms with Gasteiger partial charge in [0.15, 0.2) is 0 Å². The quantitative estimate of drug-likeness (QED) is 0.154. The van der Waals surface area contributed by atoms with Gasteiger partial charge in [0, 0.05) is 0 Å². The monoisotopic (exact) mass is 480 g/mol. The number of hydrogen-bond donors (Lipinski definition) is 2. The standard InChI is InChI=1S/C29H40N2O4/c1-7-18-29(21(3)32,27(34)31-30)25-17-16-20(2)19-24(25)23(26(33)35-28(4,5)6)15-11-14-22-12-9-8-10-13-22/h8-10,12-13,16-17,19,23H,7,11,14-15,18,30H2,1-6H3,(H,31,34)/t23-,29-/m0/s1. The van der Waals surface area contributed by atoms with Crippen LogP contribution in [0.1, 0.15) is 88.5 Å². The van der Waals surface area contributed by atoms with Crippen LogP contribution in [-0.2, 0) is 31.0 Å². The molecule has 0 aliphatic heterocycles. The molecule has 6 heteroatoms. The summed E-state index contributed by atoms with van der Waals surface area (Å²) >= 11 is 0. The maximum atomic E-state index is 13.5. The maximum Gasteiger partial charge on any atom is 0.313 e. The Morgan fingerprint density at radius 2 is 1.71 bits per heavy atom. The van der Waals surface area contributed by atoms with E-state index in [2.05, 4.69) is 17.6 Å². The van der Waals surface area contributed by atoms with E-state index in [0.717, 1.165) is 18.4 Å². The minimum atomic E-state index is -1.48. The lowest BCUT2D eigenvalue weighted by atomic mass is 9.69. The highest BCUT2D eigenvalue weighted by Crippen LogP contribution is 2.39. The van der Waals surface area contributed by atoms with Crippen molar-refractivity contribution >= 4 is 17.7 Å². The highest BCUT2D eigenvalue weighted by molar-refractivity contribution is 6.11. The molecule has 2 atom stereocenters. The highest BCUT2D eigenvalue weighted by atomic mass is 16.6. The molecule has 0 aliphatic carbocycles. The predicted molar refractivity (Wildman–Crippen MR) is 139 cm³/mol. The molecule has 0 saturated heterocycles. The van der Waals surface area contributed by atoms with E-state index in [1.807, 2.05) is 65.0 Å². The first-order valence-corrected chi connectivity index (χ1v) is 12.4. The van der Waals surface area contributed by atoms with Gasteiger partial charge in [-0.05, 0) is 77.0 Å². The largest absolute Gasteiger partial charge is 0.459 e. The maximum absolute atomic E-state index is 13.5. The van der Waals surface area contributed by atoms with Crippen molar-refractivity contribution in [3.05, 3.63) is 70.8 Å². The molecular weight excluding hydrogens is 440 g/mol. The van der Waals surface area contributed by atoms with Gasteiger partial charge in [0.25, 0.3) is 5.91 Å². The second-order valence-electron chi connectivity index (χ2n) is 10.2. The van der Waals surface area contributed by atoms with E-state index in [0.29, 0.717) is 24.0 Å². The van der Waals surface area contributed by atoms with Crippen molar-refractivity contribution in [2.24, 2.45) is 5.84 Å². The first-order chi connectivity index (χ1) is 16.5. The molecule has 0 fully saturated rings. The summed E-state index contributed by atoms with van der Waals surface area (Å²) in [6.45, 7) is 10.8. The molecule has 0 bridgehead atoms. The average Bonchev–Trinajstić information content (AvgIpc) is 2.79. The number of benzene rings is 2. The van der Waals surface area contributed by atoms with Crippen LogP contribution in [0, 0.1) is 6.92 Å². The van der Waals surface area contributed by atoms with Crippen molar-refractivity contribution in [3.63, 3.8) is 0 Å². The Hall–Kier alpha value is -2.99. The van der Waals surface area contributed by atoms with Crippen molar-refractivity contribution < 1.29 is 19.1 Å². The van der Waals surface area contributed by atoms with Crippen LogP contribution >= 0.6 is 0 Å². The van der Waals surface area contributed by atoms with Gasteiger partial charge in [-0.25, -0.2) is 5.84 Å². The van der Waals surface area contributed by atoms with Gasteiger partial charge < -0.3 is 4.74 Å². The Kier molecular flexibility index (Phi) is 9.78. The smallest absolute Gasteiger partial charge is 0.313 e. The Morgan fingerprint density at radius 1 is 1.06 bits per heavy atom. The van der Waals surface area contributed by atoms with Crippen LogP contribution in [0.3, 0.4) is 0 Å². The number of aryl methyl sites for hydroxylation is 2. The predicted octanol–water partition coefficient (Wildman–Crippen LogP) is 5.06. The molecule has 0 heterocycles. The third-order valence-electron chi connectivity index (χ3n) is 6.28. The number of nitrogens with one attached hydrogen (secondary N) is 1. The van der Waals surface area contributed by atoms with Gasteiger partial charge in [-0.15, -0.1) is 0 Å². The molecule has 35 heavy (non-hydrogen) atoms. The van der Waals surface area contributed by atoms with Gasteiger partial charge in [-0.2, -0.15) is 0 Å². The van der Waals surface area contributed by atoms with Crippen LogP contribution in [0.25, 0.3) is 0 Å². The number of ketones is 1. The molecule has 0 saturated carbocycles. The number of Topliss-reactive ketones (excluding diaryl/α,β-unsaturated/α-hetero) is 1. The first kappa shape index (κ1) is 28.2. The number of carbonyl (C=O) groups excluding carboxylic acids is 3. The van der Waals surface area contributed by atoms with Gasteiger partial charge in [0.05, 0.1) is 5.92 Å². The number of amides is 1. The molecule has 2 aromatic rings. The zero-order chi connectivity index (χ0) is 26.2. The molecule has 2 aromatic carbocycles. The second kappa shape index (κ2) is 12.1. The van der Waals surface area contributed by atoms with Crippen LogP contribution in [0.4, 0.5) is 0 Å². The van der Waals surface area contributed by atoms with Crippen molar-refractivity contribution in [1.29, 1.82) is 0 Å². The molecular formula is C29H40N2O4. The molecule has 6 nitrogen and oxygen atoms in total. The minimum absolute atomic E-state index is 0.284. The van der Waals surface area contributed by atoms with E-state index in [1.54, 1.807) is 6.07 Å². The number of carbonyl (C=O) groups is 3. The molecule has 1 amide bonds. The van der Waals surface area contributed by atoms with E-state index >= 15 is 0 Å². The molecule has 0 radical (unpaired) electrons. The zero-order valence-corrected chi connectivity index (χ0v) is 21.9. The van der Waals surface area contributed by atoms with E-state index < -0.39 is 22.8 Å². The van der Waals surface area contributed by atoms with E-state index in [4.69, 9.17) is 10.6 Å². The van der Waals surface area contributed by atoms with Crippen LogP contribution < -0.4 is 11.3 Å². The lowest BCUT2D eigenvalue weighted by molar-refractivity contribution is -0.157. The summed E-state index contributed by atoms with van der Waals surface area (Å²) in [5, 5.41) is 0. The number of hydrogen-bond acceptors (Lipinski definition) is 5. The fourth-order valence-corrected chi connectivity index (χ4v) is 4.68. The summed E-state index contributed by atoms with van der Waals surface area (Å²) in [7, 11) is 0. The Labute approximate surface area is 209 Å². The number of esters is 1. The molecule has 190 valence electrons. The molecule has 2 rings (SSSR count). The van der Waals surface area contributed by atoms with Crippen molar-refractivity contribution in [2.45, 2.75) is 90.6 Å². The molecule has 0 aliphatic rings. The van der Waals surface area contributed by atoms with Gasteiger partial charge >= 0.3 is 5.97 Å². The van der Waals surface area contributed by atoms with E-state index in [1.165, 1.54) is 12.5 Å². The summed E-state index contributed by atoms with van der Waals surface area (Å²) in [6, 6.07) is 15.7. The number of ether oxygens (including phenoxy) is 1. The summed E-state index contributed by atoms with van der Waals surface area (Å²) in [5.74, 6) is 3.70. The molecule has 0 spiro atoms. The fourth-order valence-electron chi connectivity index (χ4n) is 4.68. The first-order valence-electron chi connectivity index (χ1n) is 12.4. The lowest BCUT2D eigenvalue weighted by Crippen LogP contribution is -2.52. The third-order valence-corrected chi connectivity index (χ3v) is 6.28. The number of rotatable bonds is 11. The minimum Gasteiger partial charge on any atom is -0.459 e. The van der Waals surface area contributed by atoms with Gasteiger partial charge in [0.1, 0.15) is 16.8 Å². The second-order valence-corrected chi connectivity index (χ2v) is 10.2. The lowest BCUT2D eigenvalue weighted by Gasteiger charge is -2.34. The van der Waals surface area contributed by atoms with Crippen molar-refractivity contribution in [3.8, 4) is 0 Å². The average molecular weight is 481 g/mol. The van der Waals surface area contributed by atoms with Crippen molar-refractivity contribution in [1.82, 2.24) is 5.43 Å². The van der Waals surface area contributed by atoms with Crippen LogP contribution in [-0.4, -0.2) is 23.3 Å². The Morgan fingerprint density at radius 3 is 2.26 bits per heavy atom. The van der Waals surface area contributed by atoms with Crippen molar-refractivity contribution in [2.75, 3.05) is 0 Å². The normalized spacial score (nSPS) is 14.0. The van der Waals surface area contributed by atoms with Gasteiger partial charge in [0.2, 0.25) is 0 Å². The van der Waals surface area contributed by atoms with Gasteiger partial charge in [-0.3, -0.25) is 19.8 Å². The summed E-state index contributed by atoms with van der Waals surface area (Å²) in [4.78, 5) is 39.8. The molecule has 3 N–H and O–H groups in total. The molecule has 0 unspecified atom stereocenters. The third kappa shape index (κ3) is 7.01. The van der Waals surface area contributed by atoms with Crippen LogP contribution in [0.5, 0.6) is 0 Å². The Balaban J connectivity index is 2.63. The summed E-state index contributed by atoms with van der Waals surface area (Å²) < 4.78 is 5.82. The fraction of sp³-hybridized carbons (Fsp3) is 0.483. The van der Waals surface area contributed by atoms with Gasteiger partial charge in [-0.1, -0.05) is 67.4 Å². The topological polar surface area (TPSA) is 98.5 Å². The molecule has 0 aromatic heterocycles.